The fraction of sp³-hybridized carbons (Fsp3) is 0.273. The van der Waals surface area contributed by atoms with Crippen molar-refractivity contribution >= 4 is 63.0 Å². The molecule has 1 aromatic heterocycles. The number of rotatable bonds is 3. The van der Waals surface area contributed by atoms with Crippen LogP contribution in [0.15, 0.2) is 24.3 Å². The first kappa shape index (κ1) is 13.9. The smallest absolute Gasteiger partial charge is 0.248 e. The zero-order chi connectivity index (χ0) is 13.3. The van der Waals surface area contributed by atoms with Crippen molar-refractivity contribution in [3.8, 4) is 0 Å². The highest BCUT2D eigenvalue weighted by molar-refractivity contribution is 7.80. The van der Waals surface area contributed by atoms with Crippen molar-refractivity contribution < 1.29 is 0 Å². The van der Waals surface area contributed by atoms with E-state index >= 15 is 0 Å². The lowest BCUT2D eigenvalue weighted by Gasteiger charge is -2.14. The number of nitrogens with zero attached hydrogens (tertiary/aromatic N) is 2. The van der Waals surface area contributed by atoms with Crippen LogP contribution in [-0.2, 0) is 10.3 Å². The minimum absolute atomic E-state index is 0.380. The quantitative estimate of drug-likeness (QED) is 0.694. The maximum atomic E-state index is 5.93. The molecule has 0 spiro atoms. The Morgan fingerprint density at radius 2 is 2.00 bits per heavy atom. The number of halogens is 3. The number of aryl methyl sites for hydroxylation is 1. The molecule has 2 N–H and O–H groups in total. The molecule has 1 aromatic carbocycles. The Kier molecular flexibility index (Phi) is 4.02. The van der Waals surface area contributed by atoms with Crippen LogP contribution in [0.25, 0.3) is 11.0 Å². The number of nitrogens with two attached hydrogens (primary N) is 1. The first-order valence-electron chi connectivity index (χ1n) is 5.20. The summed E-state index contributed by atoms with van der Waals surface area (Å²) in [7, 11) is 0. The van der Waals surface area contributed by atoms with E-state index in [2.05, 4.69) is 4.98 Å². The van der Waals surface area contributed by atoms with Gasteiger partial charge in [0.15, 0.2) is 5.82 Å². The van der Waals surface area contributed by atoms with Gasteiger partial charge >= 0.3 is 0 Å². The summed E-state index contributed by atoms with van der Waals surface area (Å²) < 4.78 is 0.261. The molecule has 0 aliphatic carbocycles. The Balaban J connectivity index is 2.54. The maximum absolute atomic E-state index is 5.93. The Morgan fingerprint density at radius 3 is 2.61 bits per heavy atom. The third kappa shape index (κ3) is 2.88. The van der Waals surface area contributed by atoms with Crippen LogP contribution in [0.2, 0.25) is 0 Å². The number of alkyl halides is 3. The van der Waals surface area contributed by atoms with Crippen LogP contribution in [-0.4, -0.2) is 14.5 Å². The van der Waals surface area contributed by atoms with E-state index in [-0.39, 0.29) is 0 Å². The van der Waals surface area contributed by atoms with Crippen molar-refractivity contribution in [2.75, 3.05) is 0 Å². The standard InChI is InChI=1S/C11H10Cl3N3S/c12-11(13,14)10-16-7-3-1-2-4-8(7)17(10)6-5-9(15)18/h1-4H,5-6H2,(H2,15,18). The van der Waals surface area contributed by atoms with Gasteiger partial charge in [0.25, 0.3) is 0 Å². The Hall–Kier alpha value is -0.550. The van der Waals surface area contributed by atoms with Gasteiger partial charge in [-0.1, -0.05) is 59.2 Å². The van der Waals surface area contributed by atoms with Crippen molar-refractivity contribution in [2.45, 2.75) is 16.8 Å². The van der Waals surface area contributed by atoms with Crippen molar-refractivity contribution in [3.63, 3.8) is 0 Å². The first-order chi connectivity index (χ1) is 8.39. The number of imidazole rings is 1. The minimum Gasteiger partial charge on any atom is -0.393 e. The van der Waals surface area contributed by atoms with Crippen LogP contribution in [0.3, 0.4) is 0 Å². The summed E-state index contributed by atoms with van der Waals surface area (Å²) >= 11 is 22.7. The summed E-state index contributed by atoms with van der Waals surface area (Å²) in [6.45, 7) is 0.541. The molecule has 0 bridgehead atoms. The highest BCUT2D eigenvalue weighted by Gasteiger charge is 2.30. The summed E-state index contributed by atoms with van der Waals surface area (Å²) in [6.07, 6.45) is 0.531. The molecule has 0 atom stereocenters. The van der Waals surface area contributed by atoms with Gasteiger partial charge in [0, 0.05) is 13.0 Å². The fourth-order valence-electron chi connectivity index (χ4n) is 1.74. The summed E-state index contributed by atoms with van der Waals surface area (Å²) in [6, 6.07) is 7.58. The average molecular weight is 323 g/mol. The normalized spacial score (nSPS) is 11.9. The van der Waals surface area contributed by atoms with Crippen molar-refractivity contribution in [1.82, 2.24) is 9.55 Å². The van der Waals surface area contributed by atoms with Crippen LogP contribution in [0.4, 0.5) is 0 Å². The second-order valence-corrected chi connectivity index (χ2v) is 6.60. The molecular formula is C11H10Cl3N3S. The molecule has 1 heterocycles. The summed E-state index contributed by atoms with van der Waals surface area (Å²) in [5.74, 6) is 0.380. The number of hydrogen-bond acceptors (Lipinski definition) is 2. The maximum Gasteiger partial charge on any atom is 0.248 e. The van der Waals surface area contributed by atoms with E-state index in [4.69, 9.17) is 52.8 Å². The highest BCUT2D eigenvalue weighted by atomic mass is 35.6. The molecule has 0 saturated heterocycles. The lowest BCUT2D eigenvalue weighted by molar-refractivity contribution is 0.702. The third-order valence-electron chi connectivity index (χ3n) is 2.49. The van der Waals surface area contributed by atoms with Gasteiger partial charge in [-0.2, -0.15) is 0 Å². The summed E-state index contributed by atoms with van der Waals surface area (Å²) in [4.78, 5) is 4.76. The Bertz CT molecular complexity index is 589. The van der Waals surface area contributed by atoms with Crippen molar-refractivity contribution in [2.24, 2.45) is 5.73 Å². The molecule has 3 nitrogen and oxygen atoms in total. The zero-order valence-electron chi connectivity index (χ0n) is 9.24. The molecule has 7 heteroatoms. The minimum atomic E-state index is -1.57. The van der Waals surface area contributed by atoms with Crippen molar-refractivity contribution in [3.05, 3.63) is 30.1 Å². The molecule has 0 aliphatic rings. The number of thiocarbonyl (C=S) groups is 1. The first-order valence-corrected chi connectivity index (χ1v) is 6.74. The molecule has 0 amide bonds. The van der Waals surface area contributed by atoms with Crippen LogP contribution >= 0.6 is 47.0 Å². The van der Waals surface area contributed by atoms with Gasteiger partial charge in [-0.05, 0) is 12.1 Å². The number of fused-ring (bicyclic) bond motifs is 1. The van der Waals surface area contributed by atoms with E-state index in [0.717, 1.165) is 11.0 Å². The van der Waals surface area contributed by atoms with Gasteiger partial charge in [-0.15, -0.1) is 0 Å². The largest absolute Gasteiger partial charge is 0.393 e. The number of para-hydroxylation sites is 2. The van der Waals surface area contributed by atoms with Gasteiger partial charge in [0.2, 0.25) is 3.79 Å². The monoisotopic (exact) mass is 321 g/mol. The van der Waals surface area contributed by atoms with Gasteiger partial charge in [0.1, 0.15) is 0 Å². The van der Waals surface area contributed by atoms with Crippen molar-refractivity contribution in [1.29, 1.82) is 0 Å². The van der Waals surface area contributed by atoms with Gasteiger partial charge in [-0.3, -0.25) is 0 Å². The summed E-state index contributed by atoms with van der Waals surface area (Å²) in [5.41, 5.74) is 7.19. The van der Waals surface area contributed by atoms with Crippen LogP contribution in [0, 0.1) is 0 Å². The van der Waals surface area contributed by atoms with E-state index in [1.54, 1.807) is 0 Å². The topological polar surface area (TPSA) is 43.8 Å². The SMILES string of the molecule is NC(=S)CCn1c(C(Cl)(Cl)Cl)nc2ccccc21. The molecule has 96 valence electrons. The van der Waals surface area contributed by atoms with Crippen LogP contribution in [0.5, 0.6) is 0 Å². The molecule has 0 fully saturated rings. The Morgan fingerprint density at radius 1 is 1.33 bits per heavy atom. The van der Waals surface area contributed by atoms with Gasteiger partial charge < -0.3 is 10.3 Å². The second-order valence-electron chi connectivity index (χ2n) is 3.79. The van der Waals surface area contributed by atoms with Crippen LogP contribution in [0.1, 0.15) is 12.2 Å². The van der Waals surface area contributed by atoms with E-state index in [9.17, 15) is 0 Å². The van der Waals surface area contributed by atoms with E-state index in [1.165, 1.54) is 0 Å². The highest BCUT2D eigenvalue weighted by Crippen LogP contribution is 2.39. The molecule has 0 radical (unpaired) electrons. The van der Waals surface area contributed by atoms with Crippen LogP contribution < -0.4 is 5.73 Å². The molecule has 2 rings (SSSR count). The predicted octanol–water partition coefficient (Wildman–Crippen LogP) is 3.54. The summed E-state index contributed by atoms with van der Waals surface area (Å²) in [5, 5.41) is 0. The zero-order valence-corrected chi connectivity index (χ0v) is 12.3. The molecule has 2 aromatic rings. The van der Waals surface area contributed by atoms with Gasteiger partial charge in [0.05, 0.1) is 16.0 Å². The average Bonchev–Trinajstić information content (AvgIpc) is 2.64. The molecule has 0 unspecified atom stereocenters. The predicted molar refractivity (Wildman–Crippen MR) is 80.4 cm³/mol. The molecular weight excluding hydrogens is 313 g/mol. The third-order valence-corrected chi connectivity index (χ3v) is 3.20. The van der Waals surface area contributed by atoms with Gasteiger partial charge in [-0.25, -0.2) is 4.98 Å². The number of hydrogen-bond donors (Lipinski definition) is 1. The Labute approximate surface area is 125 Å². The lowest BCUT2D eigenvalue weighted by atomic mass is 10.3. The lowest BCUT2D eigenvalue weighted by Crippen LogP contribution is -2.16. The molecule has 18 heavy (non-hydrogen) atoms. The molecule has 0 saturated carbocycles. The van der Waals surface area contributed by atoms with E-state index < -0.39 is 3.79 Å². The van der Waals surface area contributed by atoms with E-state index in [1.807, 2.05) is 28.8 Å². The number of aromatic nitrogens is 2. The number of benzene rings is 1. The molecule has 0 aliphatic heterocycles. The second kappa shape index (κ2) is 5.21. The fourth-order valence-corrected chi connectivity index (χ4v) is 2.26. The van der Waals surface area contributed by atoms with E-state index in [0.29, 0.717) is 23.8 Å².